The zero-order valence-corrected chi connectivity index (χ0v) is 15.3. The number of benzene rings is 1. The smallest absolute Gasteiger partial charge is 0.225 e. The number of aromatic nitrogens is 2. The Kier molecular flexibility index (Phi) is 4.93. The van der Waals surface area contributed by atoms with E-state index in [1.165, 1.54) is 11.1 Å². The number of anilines is 3. The van der Waals surface area contributed by atoms with E-state index in [0.717, 1.165) is 17.2 Å². The predicted octanol–water partition coefficient (Wildman–Crippen LogP) is 5.17. The molecule has 1 aromatic carbocycles. The van der Waals surface area contributed by atoms with Crippen molar-refractivity contribution in [2.24, 2.45) is 0 Å². The summed E-state index contributed by atoms with van der Waals surface area (Å²) in [6.07, 6.45) is 0. The Hall–Kier alpha value is -2.10. The number of nitrogens with zero attached hydrogens (tertiary/aromatic N) is 2. The van der Waals surface area contributed by atoms with E-state index in [2.05, 4.69) is 80.3 Å². The summed E-state index contributed by atoms with van der Waals surface area (Å²) in [6, 6.07) is 8.37. The molecule has 1 aromatic heterocycles. The van der Waals surface area contributed by atoms with Crippen molar-refractivity contribution >= 4 is 17.5 Å². The fraction of sp³-hybridized carbons (Fsp3) is 0.474. The van der Waals surface area contributed by atoms with Gasteiger partial charge in [0.05, 0.1) is 0 Å². The number of nitrogens with one attached hydrogen (secondary N) is 2. The van der Waals surface area contributed by atoms with E-state index in [1.54, 1.807) is 0 Å². The van der Waals surface area contributed by atoms with Crippen LogP contribution < -0.4 is 10.6 Å². The van der Waals surface area contributed by atoms with E-state index >= 15 is 0 Å². The molecule has 0 radical (unpaired) electrons. The third kappa shape index (κ3) is 4.68. The minimum Gasteiger partial charge on any atom is -0.350 e. The van der Waals surface area contributed by atoms with Crippen LogP contribution in [-0.2, 0) is 0 Å². The van der Waals surface area contributed by atoms with Gasteiger partial charge in [0.1, 0.15) is 5.82 Å². The summed E-state index contributed by atoms with van der Waals surface area (Å²) in [5.74, 6) is 1.92. The lowest BCUT2D eigenvalue weighted by molar-refractivity contribution is 0.625. The summed E-state index contributed by atoms with van der Waals surface area (Å²) in [5, 5.41) is 6.84. The predicted molar refractivity (Wildman–Crippen MR) is 98.7 cm³/mol. The second-order valence-electron chi connectivity index (χ2n) is 7.41. The fourth-order valence-corrected chi connectivity index (χ4v) is 2.49. The molecule has 1 heterocycles. The van der Waals surface area contributed by atoms with Crippen molar-refractivity contribution < 1.29 is 0 Å². The van der Waals surface area contributed by atoms with E-state index in [-0.39, 0.29) is 5.54 Å². The van der Waals surface area contributed by atoms with Gasteiger partial charge in [0.2, 0.25) is 5.95 Å². The van der Waals surface area contributed by atoms with Crippen LogP contribution in [0.15, 0.2) is 24.3 Å². The molecular weight excluding hydrogens is 284 g/mol. The number of aryl methyl sites for hydroxylation is 2. The van der Waals surface area contributed by atoms with Crippen LogP contribution in [0, 0.1) is 13.8 Å². The Morgan fingerprint density at radius 2 is 1.74 bits per heavy atom. The lowest BCUT2D eigenvalue weighted by atomic mass is 9.98. The molecule has 23 heavy (non-hydrogen) atoms. The summed E-state index contributed by atoms with van der Waals surface area (Å²) >= 11 is 0. The largest absolute Gasteiger partial charge is 0.350 e. The molecular formula is C19H28N4. The van der Waals surface area contributed by atoms with Crippen LogP contribution in [0.5, 0.6) is 0 Å². The van der Waals surface area contributed by atoms with E-state index in [4.69, 9.17) is 0 Å². The first kappa shape index (κ1) is 17.3. The molecule has 0 spiro atoms. The van der Waals surface area contributed by atoms with Crippen LogP contribution in [0.3, 0.4) is 0 Å². The van der Waals surface area contributed by atoms with Crippen molar-refractivity contribution in [1.82, 2.24) is 9.97 Å². The standard InChI is InChI=1S/C19H28N4/c1-12(2)15-10-8-9-13(3)17(15)21-16-11-14(4)20-18(22-16)23-19(5,6)7/h8-12H,1-7H3,(H2,20,21,22,23). The van der Waals surface area contributed by atoms with Gasteiger partial charge in [0, 0.05) is 23.0 Å². The van der Waals surface area contributed by atoms with Gasteiger partial charge in [-0.1, -0.05) is 32.0 Å². The first-order valence-corrected chi connectivity index (χ1v) is 8.16. The lowest BCUT2D eigenvalue weighted by Gasteiger charge is -2.22. The monoisotopic (exact) mass is 312 g/mol. The molecule has 0 unspecified atom stereocenters. The van der Waals surface area contributed by atoms with E-state index < -0.39 is 0 Å². The highest BCUT2D eigenvalue weighted by molar-refractivity contribution is 5.66. The Morgan fingerprint density at radius 1 is 1.04 bits per heavy atom. The van der Waals surface area contributed by atoms with E-state index in [1.807, 2.05) is 13.0 Å². The van der Waals surface area contributed by atoms with Crippen molar-refractivity contribution in [2.75, 3.05) is 10.6 Å². The summed E-state index contributed by atoms with van der Waals surface area (Å²) in [7, 11) is 0. The molecule has 2 rings (SSSR count). The van der Waals surface area contributed by atoms with Crippen LogP contribution in [0.2, 0.25) is 0 Å². The van der Waals surface area contributed by atoms with Crippen LogP contribution >= 0.6 is 0 Å². The SMILES string of the molecule is Cc1cc(Nc2c(C)cccc2C(C)C)nc(NC(C)(C)C)n1. The van der Waals surface area contributed by atoms with Crippen LogP contribution in [0.4, 0.5) is 17.5 Å². The summed E-state index contributed by atoms with van der Waals surface area (Å²) in [5.41, 5.74) is 4.53. The number of rotatable bonds is 4. The molecule has 4 nitrogen and oxygen atoms in total. The quantitative estimate of drug-likeness (QED) is 0.817. The minimum atomic E-state index is -0.0726. The highest BCUT2D eigenvalue weighted by Gasteiger charge is 2.14. The summed E-state index contributed by atoms with van der Waals surface area (Å²) < 4.78 is 0. The van der Waals surface area contributed by atoms with Gasteiger partial charge in [-0.25, -0.2) is 4.98 Å². The molecule has 4 heteroatoms. The molecule has 0 saturated carbocycles. The Labute approximate surface area is 139 Å². The maximum Gasteiger partial charge on any atom is 0.225 e. The summed E-state index contributed by atoms with van der Waals surface area (Å²) in [6.45, 7) is 14.8. The second kappa shape index (κ2) is 6.57. The average molecular weight is 312 g/mol. The molecule has 0 aliphatic heterocycles. The van der Waals surface area contributed by atoms with Gasteiger partial charge in [-0.2, -0.15) is 4.98 Å². The third-order valence-corrected chi connectivity index (χ3v) is 3.52. The molecule has 0 amide bonds. The van der Waals surface area contributed by atoms with Crippen LogP contribution in [0.25, 0.3) is 0 Å². The van der Waals surface area contributed by atoms with Crippen molar-refractivity contribution in [1.29, 1.82) is 0 Å². The molecule has 0 aliphatic carbocycles. The van der Waals surface area contributed by atoms with Gasteiger partial charge < -0.3 is 10.6 Å². The fourth-order valence-electron chi connectivity index (χ4n) is 2.49. The van der Waals surface area contributed by atoms with Crippen molar-refractivity contribution in [3.8, 4) is 0 Å². The maximum atomic E-state index is 4.62. The first-order chi connectivity index (χ1) is 10.7. The zero-order chi connectivity index (χ0) is 17.2. The summed E-state index contributed by atoms with van der Waals surface area (Å²) in [4.78, 5) is 9.10. The number of hydrogen-bond donors (Lipinski definition) is 2. The van der Waals surface area contributed by atoms with E-state index in [0.29, 0.717) is 11.9 Å². The van der Waals surface area contributed by atoms with Gasteiger partial charge in [0.15, 0.2) is 0 Å². The Bertz CT molecular complexity index is 684. The number of para-hydroxylation sites is 1. The highest BCUT2D eigenvalue weighted by Crippen LogP contribution is 2.30. The molecule has 0 saturated heterocycles. The van der Waals surface area contributed by atoms with E-state index in [9.17, 15) is 0 Å². The van der Waals surface area contributed by atoms with Gasteiger partial charge in [-0.05, 0) is 51.7 Å². The molecule has 0 atom stereocenters. The molecule has 0 bridgehead atoms. The zero-order valence-electron chi connectivity index (χ0n) is 15.3. The molecule has 124 valence electrons. The molecule has 2 aromatic rings. The van der Waals surface area contributed by atoms with Crippen LogP contribution in [-0.4, -0.2) is 15.5 Å². The van der Waals surface area contributed by atoms with Gasteiger partial charge >= 0.3 is 0 Å². The molecule has 0 fully saturated rings. The van der Waals surface area contributed by atoms with Gasteiger partial charge in [0.25, 0.3) is 0 Å². The number of hydrogen-bond acceptors (Lipinski definition) is 4. The first-order valence-electron chi connectivity index (χ1n) is 8.16. The molecule has 0 aliphatic rings. The Morgan fingerprint density at radius 3 is 2.35 bits per heavy atom. The highest BCUT2D eigenvalue weighted by atomic mass is 15.2. The third-order valence-electron chi connectivity index (χ3n) is 3.52. The van der Waals surface area contributed by atoms with Crippen molar-refractivity contribution in [3.05, 3.63) is 41.1 Å². The van der Waals surface area contributed by atoms with Crippen LogP contribution in [0.1, 0.15) is 57.4 Å². The second-order valence-corrected chi connectivity index (χ2v) is 7.41. The van der Waals surface area contributed by atoms with Gasteiger partial charge in [-0.3, -0.25) is 0 Å². The lowest BCUT2D eigenvalue weighted by Crippen LogP contribution is -2.27. The normalized spacial score (nSPS) is 11.7. The van der Waals surface area contributed by atoms with Crippen molar-refractivity contribution in [3.63, 3.8) is 0 Å². The minimum absolute atomic E-state index is 0.0726. The van der Waals surface area contributed by atoms with Crippen molar-refractivity contribution in [2.45, 2.75) is 59.9 Å². The topological polar surface area (TPSA) is 49.8 Å². The van der Waals surface area contributed by atoms with Gasteiger partial charge in [-0.15, -0.1) is 0 Å². The molecule has 2 N–H and O–H groups in total. The average Bonchev–Trinajstić information content (AvgIpc) is 2.38. The maximum absolute atomic E-state index is 4.62. The Balaban J connectivity index is 2.38.